The van der Waals surface area contributed by atoms with Gasteiger partial charge < -0.3 is 19.3 Å². The summed E-state index contributed by atoms with van der Waals surface area (Å²) in [5.74, 6) is 1.77. The van der Waals surface area contributed by atoms with E-state index in [0.717, 1.165) is 16.9 Å². The van der Waals surface area contributed by atoms with Crippen LogP contribution in [0.5, 0.6) is 11.5 Å². The van der Waals surface area contributed by atoms with Crippen molar-refractivity contribution in [2.75, 3.05) is 12.4 Å². The fourth-order valence-electron chi connectivity index (χ4n) is 2.92. The van der Waals surface area contributed by atoms with E-state index in [9.17, 15) is 4.79 Å². The number of nitrogens with zero attached hydrogens (tertiary/aromatic N) is 2. The van der Waals surface area contributed by atoms with Gasteiger partial charge in [-0.25, -0.2) is 0 Å². The standard InChI is InChI=1S/C24H20ClN3O4/c1-15(31-21-6-4-3-5-20(21)25)23(29)26-18-11-7-17(8-12-18)24-27-22(28-32-24)16-9-13-19(30-2)14-10-16/h3-15H,1-2H3,(H,26,29)/t15-/m0/s1. The fraction of sp³-hybridized carbons (Fsp3) is 0.125. The molecule has 0 aliphatic rings. The molecule has 8 heteroatoms. The Hall–Kier alpha value is -3.84. The van der Waals surface area contributed by atoms with Crippen molar-refractivity contribution in [3.8, 4) is 34.3 Å². The zero-order chi connectivity index (χ0) is 22.5. The lowest BCUT2D eigenvalue weighted by molar-refractivity contribution is -0.122. The molecule has 162 valence electrons. The van der Waals surface area contributed by atoms with Crippen LogP contribution in [0.1, 0.15) is 6.92 Å². The van der Waals surface area contributed by atoms with Crippen LogP contribution in [0.4, 0.5) is 5.69 Å². The molecular weight excluding hydrogens is 430 g/mol. The van der Waals surface area contributed by atoms with Gasteiger partial charge in [-0.15, -0.1) is 0 Å². The normalized spacial score (nSPS) is 11.6. The Labute approximate surface area is 189 Å². The summed E-state index contributed by atoms with van der Waals surface area (Å²) in [6.07, 6.45) is -0.724. The quantitative estimate of drug-likeness (QED) is 0.402. The summed E-state index contributed by atoms with van der Waals surface area (Å²) in [4.78, 5) is 16.9. The average Bonchev–Trinajstić information content (AvgIpc) is 3.31. The molecule has 0 saturated carbocycles. The van der Waals surface area contributed by atoms with Crippen molar-refractivity contribution in [2.24, 2.45) is 0 Å². The van der Waals surface area contributed by atoms with Crippen molar-refractivity contribution in [2.45, 2.75) is 13.0 Å². The molecule has 0 spiro atoms. The minimum atomic E-state index is -0.724. The molecule has 4 rings (SSSR count). The number of anilines is 1. The van der Waals surface area contributed by atoms with Crippen LogP contribution in [-0.2, 0) is 4.79 Å². The van der Waals surface area contributed by atoms with Crippen LogP contribution in [0.25, 0.3) is 22.8 Å². The zero-order valence-corrected chi connectivity index (χ0v) is 18.2. The van der Waals surface area contributed by atoms with Crippen molar-refractivity contribution < 1.29 is 18.8 Å². The van der Waals surface area contributed by atoms with Crippen LogP contribution in [0.2, 0.25) is 5.02 Å². The van der Waals surface area contributed by atoms with E-state index in [0.29, 0.717) is 28.2 Å². The van der Waals surface area contributed by atoms with Gasteiger partial charge >= 0.3 is 0 Å². The number of para-hydroxylation sites is 1. The van der Waals surface area contributed by atoms with Crippen LogP contribution in [-0.4, -0.2) is 29.3 Å². The van der Waals surface area contributed by atoms with Crippen LogP contribution < -0.4 is 14.8 Å². The molecule has 0 radical (unpaired) electrons. The van der Waals surface area contributed by atoms with E-state index in [2.05, 4.69) is 15.5 Å². The number of benzene rings is 3. The Balaban J connectivity index is 1.40. The van der Waals surface area contributed by atoms with Gasteiger partial charge in [0.05, 0.1) is 12.1 Å². The lowest BCUT2D eigenvalue weighted by Gasteiger charge is -2.15. The number of halogens is 1. The highest BCUT2D eigenvalue weighted by atomic mass is 35.5. The van der Waals surface area contributed by atoms with Gasteiger partial charge in [-0.2, -0.15) is 4.98 Å². The van der Waals surface area contributed by atoms with Crippen molar-refractivity contribution in [1.82, 2.24) is 10.1 Å². The Bertz CT molecular complexity index is 1210. The molecular formula is C24H20ClN3O4. The number of carbonyl (C=O) groups is 1. The number of hydrogen-bond donors (Lipinski definition) is 1. The molecule has 1 N–H and O–H groups in total. The first-order valence-corrected chi connectivity index (χ1v) is 10.2. The van der Waals surface area contributed by atoms with Crippen LogP contribution >= 0.6 is 11.6 Å². The summed E-state index contributed by atoms with van der Waals surface area (Å²) >= 11 is 6.08. The molecule has 1 amide bonds. The maximum atomic E-state index is 12.5. The van der Waals surface area contributed by atoms with E-state index in [1.54, 1.807) is 62.6 Å². The molecule has 0 unspecified atom stereocenters. The number of nitrogens with one attached hydrogen (secondary N) is 1. The highest BCUT2D eigenvalue weighted by Gasteiger charge is 2.17. The number of amides is 1. The van der Waals surface area contributed by atoms with Gasteiger partial charge in [-0.05, 0) is 67.6 Å². The largest absolute Gasteiger partial charge is 0.497 e. The lowest BCUT2D eigenvalue weighted by Crippen LogP contribution is -2.30. The Morgan fingerprint density at radius 3 is 2.38 bits per heavy atom. The minimum Gasteiger partial charge on any atom is -0.497 e. The molecule has 1 heterocycles. The first kappa shape index (κ1) is 21.4. The number of carbonyl (C=O) groups excluding carboxylic acids is 1. The Morgan fingerprint density at radius 2 is 1.69 bits per heavy atom. The second-order valence-electron chi connectivity index (χ2n) is 6.91. The topological polar surface area (TPSA) is 86.5 Å². The number of methoxy groups -OCH3 is 1. The zero-order valence-electron chi connectivity index (χ0n) is 17.4. The van der Waals surface area contributed by atoms with Gasteiger partial charge in [0.25, 0.3) is 11.8 Å². The monoisotopic (exact) mass is 449 g/mol. The molecule has 1 atom stereocenters. The van der Waals surface area contributed by atoms with Crippen molar-refractivity contribution in [3.63, 3.8) is 0 Å². The van der Waals surface area contributed by atoms with Gasteiger partial charge in [0.15, 0.2) is 6.10 Å². The summed E-state index contributed by atoms with van der Waals surface area (Å²) < 4.78 is 16.2. The van der Waals surface area contributed by atoms with Gasteiger partial charge in [0.2, 0.25) is 5.82 Å². The van der Waals surface area contributed by atoms with E-state index < -0.39 is 6.10 Å². The number of aromatic nitrogens is 2. The highest BCUT2D eigenvalue weighted by Crippen LogP contribution is 2.26. The Kier molecular flexibility index (Phi) is 6.37. The predicted octanol–water partition coefficient (Wildman–Crippen LogP) is 5.47. The molecule has 0 bridgehead atoms. The second kappa shape index (κ2) is 9.53. The molecule has 32 heavy (non-hydrogen) atoms. The predicted molar refractivity (Wildman–Crippen MR) is 122 cm³/mol. The molecule has 4 aromatic rings. The third-order valence-corrected chi connectivity index (χ3v) is 5.00. The maximum absolute atomic E-state index is 12.5. The summed E-state index contributed by atoms with van der Waals surface area (Å²) in [6.45, 7) is 1.66. The van der Waals surface area contributed by atoms with Crippen molar-refractivity contribution in [3.05, 3.63) is 77.8 Å². The highest BCUT2D eigenvalue weighted by molar-refractivity contribution is 6.32. The van der Waals surface area contributed by atoms with Gasteiger partial charge in [-0.1, -0.05) is 28.9 Å². The fourth-order valence-corrected chi connectivity index (χ4v) is 3.10. The summed E-state index contributed by atoms with van der Waals surface area (Å²) in [5, 5.41) is 7.30. The third-order valence-electron chi connectivity index (χ3n) is 4.68. The van der Waals surface area contributed by atoms with Gasteiger partial charge in [0.1, 0.15) is 11.5 Å². The number of ether oxygens (including phenoxy) is 2. The molecule has 0 fully saturated rings. The van der Waals surface area contributed by atoms with Gasteiger partial charge in [-0.3, -0.25) is 4.79 Å². The number of hydrogen-bond acceptors (Lipinski definition) is 6. The SMILES string of the molecule is COc1ccc(-c2noc(-c3ccc(NC(=O)[C@H](C)Oc4ccccc4Cl)cc3)n2)cc1. The van der Waals surface area contributed by atoms with E-state index in [4.69, 9.17) is 25.6 Å². The molecule has 7 nitrogen and oxygen atoms in total. The molecule has 0 aliphatic heterocycles. The second-order valence-corrected chi connectivity index (χ2v) is 7.32. The van der Waals surface area contributed by atoms with Crippen LogP contribution in [0, 0.1) is 0 Å². The van der Waals surface area contributed by atoms with Crippen LogP contribution in [0.3, 0.4) is 0 Å². The first-order valence-electron chi connectivity index (χ1n) is 9.84. The average molecular weight is 450 g/mol. The Morgan fingerprint density at radius 1 is 1.00 bits per heavy atom. The maximum Gasteiger partial charge on any atom is 0.265 e. The third kappa shape index (κ3) is 4.90. The molecule has 3 aromatic carbocycles. The summed E-state index contributed by atoms with van der Waals surface area (Å²) in [7, 11) is 1.61. The summed E-state index contributed by atoms with van der Waals surface area (Å²) in [6, 6.07) is 21.5. The van der Waals surface area contributed by atoms with E-state index in [-0.39, 0.29) is 5.91 Å². The van der Waals surface area contributed by atoms with Crippen LogP contribution in [0.15, 0.2) is 77.3 Å². The van der Waals surface area contributed by atoms with Crippen molar-refractivity contribution in [1.29, 1.82) is 0 Å². The van der Waals surface area contributed by atoms with Gasteiger partial charge in [0, 0.05) is 16.8 Å². The summed E-state index contributed by atoms with van der Waals surface area (Å²) in [5.41, 5.74) is 2.16. The molecule has 1 aromatic heterocycles. The first-order chi connectivity index (χ1) is 15.5. The smallest absolute Gasteiger partial charge is 0.265 e. The van der Waals surface area contributed by atoms with E-state index in [1.807, 2.05) is 24.3 Å². The number of rotatable bonds is 7. The lowest BCUT2D eigenvalue weighted by atomic mass is 10.2. The van der Waals surface area contributed by atoms with E-state index in [1.165, 1.54) is 0 Å². The molecule has 0 saturated heterocycles. The van der Waals surface area contributed by atoms with E-state index >= 15 is 0 Å². The molecule has 0 aliphatic carbocycles. The minimum absolute atomic E-state index is 0.294. The van der Waals surface area contributed by atoms with Crippen molar-refractivity contribution >= 4 is 23.2 Å².